The zero-order valence-electron chi connectivity index (χ0n) is 8.49. The van der Waals surface area contributed by atoms with E-state index in [1.54, 1.807) is 5.57 Å². The van der Waals surface area contributed by atoms with Crippen molar-refractivity contribution in [3.63, 3.8) is 0 Å². The van der Waals surface area contributed by atoms with Crippen LogP contribution in [0.2, 0.25) is 0 Å². The van der Waals surface area contributed by atoms with E-state index in [4.69, 9.17) is 0 Å². The third-order valence-electron chi connectivity index (χ3n) is 2.53. The van der Waals surface area contributed by atoms with Gasteiger partial charge in [-0.1, -0.05) is 46.3 Å². The summed E-state index contributed by atoms with van der Waals surface area (Å²) >= 11 is 0. The molecule has 1 rings (SSSR count). The van der Waals surface area contributed by atoms with Crippen molar-refractivity contribution in [1.29, 1.82) is 0 Å². The molecule has 0 nitrogen and oxygen atoms in total. The van der Waals surface area contributed by atoms with Gasteiger partial charge in [-0.3, -0.25) is 0 Å². The van der Waals surface area contributed by atoms with Gasteiger partial charge in [0.05, 0.1) is 0 Å². The molecule has 0 spiro atoms. The summed E-state index contributed by atoms with van der Waals surface area (Å²) in [6, 6.07) is 0. The largest absolute Gasteiger partial charge is 0.0842 e. The SMILES string of the molecule is CC1(C)CC=C(C(C)(C)C)C1. The molecule has 0 aromatic carbocycles. The van der Waals surface area contributed by atoms with E-state index in [-0.39, 0.29) is 0 Å². The average molecular weight is 152 g/mol. The number of hydrogen-bond donors (Lipinski definition) is 0. The Bertz CT molecular complexity index is 177. The van der Waals surface area contributed by atoms with Gasteiger partial charge in [0, 0.05) is 0 Å². The van der Waals surface area contributed by atoms with Gasteiger partial charge in [-0.05, 0) is 23.7 Å². The monoisotopic (exact) mass is 152 g/mol. The van der Waals surface area contributed by atoms with E-state index >= 15 is 0 Å². The molecule has 0 heterocycles. The number of rotatable bonds is 0. The van der Waals surface area contributed by atoms with Crippen molar-refractivity contribution in [2.75, 3.05) is 0 Å². The fraction of sp³-hybridized carbons (Fsp3) is 0.818. The van der Waals surface area contributed by atoms with Gasteiger partial charge < -0.3 is 0 Å². The second-order valence-electron chi connectivity index (χ2n) is 5.52. The molecule has 0 aromatic heterocycles. The quantitative estimate of drug-likeness (QED) is 0.463. The van der Waals surface area contributed by atoms with Crippen molar-refractivity contribution in [1.82, 2.24) is 0 Å². The molecule has 0 bridgehead atoms. The molecule has 0 N–H and O–H groups in total. The summed E-state index contributed by atoms with van der Waals surface area (Å²) < 4.78 is 0. The Morgan fingerprint density at radius 2 is 1.82 bits per heavy atom. The van der Waals surface area contributed by atoms with Crippen LogP contribution in [0.25, 0.3) is 0 Å². The van der Waals surface area contributed by atoms with Gasteiger partial charge in [-0.25, -0.2) is 0 Å². The number of hydrogen-bond acceptors (Lipinski definition) is 0. The van der Waals surface area contributed by atoms with Crippen molar-refractivity contribution in [2.45, 2.75) is 47.5 Å². The number of allylic oxidation sites excluding steroid dienone is 2. The minimum absolute atomic E-state index is 0.397. The summed E-state index contributed by atoms with van der Waals surface area (Å²) in [5.74, 6) is 0. The van der Waals surface area contributed by atoms with Crippen LogP contribution < -0.4 is 0 Å². The molecule has 1 aliphatic rings. The van der Waals surface area contributed by atoms with Crippen LogP contribution >= 0.6 is 0 Å². The first-order chi connectivity index (χ1) is 4.81. The molecule has 0 radical (unpaired) electrons. The molecular weight excluding hydrogens is 132 g/mol. The van der Waals surface area contributed by atoms with Crippen LogP contribution in [0, 0.1) is 10.8 Å². The molecule has 0 heteroatoms. The molecule has 1 aliphatic carbocycles. The van der Waals surface area contributed by atoms with E-state index < -0.39 is 0 Å². The lowest BCUT2D eigenvalue weighted by Crippen LogP contribution is -2.12. The van der Waals surface area contributed by atoms with Crippen molar-refractivity contribution in [3.8, 4) is 0 Å². The van der Waals surface area contributed by atoms with Crippen LogP contribution in [-0.2, 0) is 0 Å². The molecule has 0 unspecified atom stereocenters. The third kappa shape index (κ3) is 2.08. The summed E-state index contributed by atoms with van der Waals surface area (Å²) in [4.78, 5) is 0. The molecule has 64 valence electrons. The van der Waals surface area contributed by atoms with Crippen LogP contribution in [0.1, 0.15) is 47.5 Å². The van der Waals surface area contributed by atoms with E-state index in [0.29, 0.717) is 10.8 Å². The van der Waals surface area contributed by atoms with Gasteiger partial charge in [-0.2, -0.15) is 0 Å². The fourth-order valence-electron chi connectivity index (χ4n) is 1.63. The minimum atomic E-state index is 0.397. The first-order valence-corrected chi connectivity index (χ1v) is 4.51. The van der Waals surface area contributed by atoms with E-state index in [1.165, 1.54) is 12.8 Å². The Hall–Kier alpha value is -0.260. The molecule has 0 atom stereocenters. The van der Waals surface area contributed by atoms with Crippen LogP contribution in [0.3, 0.4) is 0 Å². The average Bonchev–Trinajstić information content (AvgIpc) is 2.07. The molecule has 0 aliphatic heterocycles. The van der Waals surface area contributed by atoms with Crippen molar-refractivity contribution in [3.05, 3.63) is 11.6 Å². The smallest absolute Gasteiger partial charge is 0.0173 e. The summed E-state index contributed by atoms with van der Waals surface area (Å²) in [6.07, 6.45) is 4.98. The molecule has 0 aromatic rings. The van der Waals surface area contributed by atoms with Crippen LogP contribution in [0.15, 0.2) is 11.6 Å². The summed E-state index contributed by atoms with van der Waals surface area (Å²) in [5.41, 5.74) is 2.57. The Labute approximate surface area is 70.7 Å². The second-order valence-corrected chi connectivity index (χ2v) is 5.52. The van der Waals surface area contributed by atoms with E-state index in [9.17, 15) is 0 Å². The van der Waals surface area contributed by atoms with Crippen LogP contribution in [0.5, 0.6) is 0 Å². The van der Waals surface area contributed by atoms with Gasteiger partial charge in [0.25, 0.3) is 0 Å². The van der Waals surface area contributed by atoms with Gasteiger partial charge in [0.2, 0.25) is 0 Å². The molecular formula is C11H20. The lowest BCUT2D eigenvalue weighted by atomic mass is 9.81. The highest BCUT2D eigenvalue weighted by Gasteiger charge is 2.29. The first kappa shape index (κ1) is 8.83. The highest BCUT2D eigenvalue weighted by molar-refractivity contribution is 5.18. The second kappa shape index (κ2) is 2.36. The highest BCUT2D eigenvalue weighted by atomic mass is 14.3. The molecule has 0 saturated heterocycles. The minimum Gasteiger partial charge on any atom is -0.0842 e. The van der Waals surface area contributed by atoms with Gasteiger partial charge in [0.1, 0.15) is 0 Å². The maximum atomic E-state index is 2.43. The Morgan fingerprint density at radius 3 is 2.00 bits per heavy atom. The normalized spacial score (nSPS) is 23.5. The Kier molecular flexibility index (Phi) is 1.90. The topological polar surface area (TPSA) is 0 Å². The van der Waals surface area contributed by atoms with Gasteiger partial charge in [-0.15, -0.1) is 0 Å². The standard InChI is InChI=1S/C11H20/c1-10(2,3)9-6-7-11(4,5)8-9/h6H,7-8H2,1-5H3. The van der Waals surface area contributed by atoms with Crippen molar-refractivity contribution >= 4 is 0 Å². The van der Waals surface area contributed by atoms with Crippen molar-refractivity contribution < 1.29 is 0 Å². The lowest BCUT2D eigenvalue weighted by Gasteiger charge is -2.24. The zero-order chi connectivity index (χ0) is 8.70. The third-order valence-corrected chi connectivity index (χ3v) is 2.53. The van der Waals surface area contributed by atoms with E-state index in [2.05, 4.69) is 40.7 Å². The van der Waals surface area contributed by atoms with Crippen molar-refractivity contribution in [2.24, 2.45) is 10.8 Å². The molecule has 0 amide bonds. The van der Waals surface area contributed by atoms with Gasteiger partial charge in [0.15, 0.2) is 0 Å². The van der Waals surface area contributed by atoms with E-state index in [1.807, 2.05) is 0 Å². The Balaban J connectivity index is 2.68. The highest BCUT2D eigenvalue weighted by Crippen LogP contribution is 2.43. The maximum Gasteiger partial charge on any atom is -0.0173 e. The molecule has 0 saturated carbocycles. The fourth-order valence-corrected chi connectivity index (χ4v) is 1.63. The van der Waals surface area contributed by atoms with E-state index in [0.717, 1.165) is 0 Å². The lowest BCUT2D eigenvalue weighted by molar-refractivity contribution is 0.365. The summed E-state index contributed by atoms with van der Waals surface area (Å²) in [6.45, 7) is 11.6. The predicted molar refractivity (Wildman–Crippen MR) is 50.6 cm³/mol. The Morgan fingerprint density at radius 1 is 1.27 bits per heavy atom. The maximum absolute atomic E-state index is 2.43. The van der Waals surface area contributed by atoms with Crippen LogP contribution in [0.4, 0.5) is 0 Å². The zero-order valence-corrected chi connectivity index (χ0v) is 8.49. The van der Waals surface area contributed by atoms with Crippen LogP contribution in [-0.4, -0.2) is 0 Å². The van der Waals surface area contributed by atoms with Gasteiger partial charge >= 0.3 is 0 Å². The predicted octanol–water partition coefficient (Wildman–Crippen LogP) is 3.78. The molecule has 0 fully saturated rings. The molecule has 11 heavy (non-hydrogen) atoms. The first-order valence-electron chi connectivity index (χ1n) is 4.51. The summed E-state index contributed by atoms with van der Waals surface area (Å²) in [5, 5.41) is 0. The summed E-state index contributed by atoms with van der Waals surface area (Å²) in [7, 11) is 0.